The summed E-state index contributed by atoms with van der Waals surface area (Å²) in [5.41, 5.74) is 3.10. The Morgan fingerprint density at radius 2 is 1.46 bits per heavy atom. The number of benzene rings is 3. The molecule has 0 bridgehead atoms. The van der Waals surface area contributed by atoms with Gasteiger partial charge in [0, 0.05) is 16.8 Å². The Bertz CT molecular complexity index is 1410. The third-order valence-electron chi connectivity index (χ3n) is 4.77. The molecule has 13 heteroatoms. The number of hydrogen-bond acceptors (Lipinski definition) is 6. The first kappa shape index (κ1) is 23.9. The summed E-state index contributed by atoms with van der Waals surface area (Å²) in [7, 11) is -4.32. The SMILES string of the molecule is O=C(NNC(=O)c1ccc2c(c1)OCO2)c1cccc(S(=O)(=O)Nc2cccc(C(F)(F)F)c2)c1. The Morgan fingerprint density at radius 1 is 0.800 bits per heavy atom. The van der Waals surface area contributed by atoms with E-state index in [4.69, 9.17) is 9.47 Å². The van der Waals surface area contributed by atoms with Gasteiger partial charge in [0.2, 0.25) is 6.79 Å². The largest absolute Gasteiger partial charge is 0.454 e. The van der Waals surface area contributed by atoms with Gasteiger partial charge in [0.15, 0.2) is 11.5 Å². The molecule has 1 aliphatic rings. The topological polar surface area (TPSA) is 123 Å². The molecule has 0 saturated carbocycles. The van der Waals surface area contributed by atoms with Crippen LogP contribution >= 0.6 is 0 Å². The number of anilines is 1. The summed E-state index contributed by atoms with van der Waals surface area (Å²) in [6.07, 6.45) is -4.65. The van der Waals surface area contributed by atoms with Crippen LogP contribution in [0.3, 0.4) is 0 Å². The minimum absolute atomic E-state index is 0.0268. The lowest BCUT2D eigenvalue weighted by Gasteiger charge is -2.12. The number of carbonyl (C=O) groups is 2. The van der Waals surface area contributed by atoms with E-state index in [1.54, 1.807) is 0 Å². The van der Waals surface area contributed by atoms with Crippen LogP contribution in [0.15, 0.2) is 71.6 Å². The fourth-order valence-electron chi connectivity index (χ4n) is 3.07. The first-order chi connectivity index (χ1) is 16.5. The molecule has 0 spiro atoms. The number of hydrogen-bond donors (Lipinski definition) is 3. The van der Waals surface area contributed by atoms with Gasteiger partial charge in [-0.1, -0.05) is 12.1 Å². The quantitative estimate of drug-likeness (QED) is 0.456. The molecule has 35 heavy (non-hydrogen) atoms. The van der Waals surface area contributed by atoms with E-state index in [1.807, 2.05) is 0 Å². The van der Waals surface area contributed by atoms with Gasteiger partial charge in [-0.25, -0.2) is 8.42 Å². The molecule has 0 atom stereocenters. The number of carbonyl (C=O) groups excluding carboxylic acids is 2. The summed E-state index contributed by atoms with van der Waals surface area (Å²) in [5, 5.41) is 0. The molecule has 0 saturated heterocycles. The lowest BCUT2D eigenvalue weighted by molar-refractivity contribution is -0.137. The van der Waals surface area contributed by atoms with Crippen molar-refractivity contribution in [3.05, 3.63) is 83.4 Å². The summed E-state index contributed by atoms with van der Waals surface area (Å²) in [5.74, 6) is -0.639. The molecular weight excluding hydrogens is 491 g/mol. The Kier molecular flexibility index (Phi) is 6.26. The number of ether oxygens (including phenoxy) is 2. The predicted molar refractivity (Wildman–Crippen MR) is 116 cm³/mol. The standard InChI is InChI=1S/C22H16F3N3O6S/c23-22(24,25)15-4-2-5-16(11-15)28-35(31,32)17-6-1-3-13(9-17)20(29)26-27-21(30)14-7-8-18-19(10-14)34-12-33-18/h1-11,28H,12H2,(H,26,29)(H,27,30). The van der Waals surface area contributed by atoms with Crippen molar-refractivity contribution in [1.29, 1.82) is 0 Å². The number of fused-ring (bicyclic) bond motifs is 1. The number of halogens is 3. The summed E-state index contributed by atoms with van der Waals surface area (Å²) in [6, 6.07) is 12.8. The average Bonchev–Trinajstić information content (AvgIpc) is 3.30. The van der Waals surface area contributed by atoms with Crippen LogP contribution in [0.1, 0.15) is 26.3 Å². The zero-order valence-electron chi connectivity index (χ0n) is 17.5. The molecule has 3 aromatic carbocycles. The second kappa shape index (κ2) is 9.18. The van der Waals surface area contributed by atoms with E-state index in [2.05, 4.69) is 15.6 Å². The van der Waals surface area contributed by atoms with Gasteiger partial charge in [0.1, 0.15) is 0 Å². The minimum Gasteiger partial charge on any atom is -0.454 e. The normalized spacial score (nSPS) is 12.7. The first-order valence-electron chi connectivity index (χ1n) is 9.83. The maximum atomic E-state index is 12.9. The van der Waals surface area contributed by atoms with E-state index in [-0.39, 0.29) is 28.5 Å². The summed E-state index contributed by atoms with van der Waals surface area (Å²) in [4.78, 5) is 24.4. The highest BCUT2D eigenvalue weighted by atomic mass is 32.2. The molecule has 3 aromatic rings. The highest BCUT2D eigenvalue weighted by molar-refractivity contribution is 7.92. The van der Waals surface area contributed by atoms with Crippen molar-refractivity contribution in [3.8, 4) is 11.5 Å². The van der Waals surface area contributed by atoms with Gasteiger partial charge in [0.05, 0.1) is 10.5 Å². The molecule has 0 fully saturated rings. The molecule has 182 valence electrons. The number of nitrogens with one attached hydrogen (secondary N) is 3. The van der Waals surface area contributed by atoms with Gasteiger partial charge in [-0.3, -0.25) is 25.2 Å². The third-order valence-corrected chi connectivity index (χ3v) is 6.15. The first-order valence-corrected chi connectivity index (χ1v) is 11.3. The second-order valence-electron chi connectivity index (χ2n) is 7.19. The van der Waals surface area contributed by atoms with Crippen LogP contribution in [0.4, 0.5) is 18.9 Å². The maximum absolute atomic E-state index is 12.9. The van der Waals surface area contributed by atoms with Crippen LogP contribution in [0.2, 0.25) is 0 Å². The minimum atomic E-state index is -4.65. The summed E-state index contributed by atoms with van der Waals surface area (Å²) in [6.45, 7) is 0.0268. The third kappa shape index (κ3) is 5.46. The van der Waals surface area contributed by atoms with Gasteiger partial charge in [-0.2, -0.15) is 13.2 Å². The van der Waals surface area contributed by atoms with Crippen molar-refractivity contribution in [3.63, 3.8) is 0 Å². The molecule has 3 N–H and O–H groups in total. The lowest BCUT2D eigenvalue weighted by atomic mass is 10.2. The zero-order chi connectivity index (χ0) is 25.2. The maximum Gasteiger partial charge on any atom is 0.416 e. The lowest BCUT2D eigenvalue weighted by Crippen LogP contribution is -2.41. The number of rotatable bonds is 5. The highest BCUT2D eigenvalue weighted by Gasteiger charge is 2.30. The van der Waals surface area contributed by atoms with Gasteiger partial charge >= 0.3 is 6.18 Å². The predicted octanol–water partition coefficient (Wildman–Crippen LogP) is 3.31. The Labute approximate surface area is 196 Å². The summed E-state index contributed by atoms with van der Waals surface area (Å²) < 4.78 is 76.4. The fourth-order valence-corrected chi connectivity index (χ4v) is 4.17. The van der Waals surface area contributed by atoms with E-state index in [1.165, 1.54) is 30.3 Å². The molecule has 4 rings (SSSR count). The smallest absolute Gasteiger partial charge is 0.416 e. The molecular formula is C22H16F3N3O6S. The molecule has 0 aliphatic carbocycles. The Morgan fingerprint density at radius 3 is 2.17 bits per heavy atom. The van der Waals surface area contributed by atoms with Crippen molar-refractivity contribution in [2.24, 2.45) is 0 Å². The van der Waals surface area contributed by atoms with Gasteiger partial charge in [-0.05, 0) is 54.6 Å². The van der Waals surface area contributed by atoms with Crippen LogP contribution in [-0.4, -0.2) is 27.0 Å². The Balaban J connectivity index is 1.44. The molecule has 9 nitrogen and oxygen atoms in total. The van der Waals surface area contributed by atoms with E-state index in [0.717, 1.165) is 30.3 Å². The molecule has 1 aliphatic heterocycles. The van der Waals surface area contributed by atoms with Crippen molar-refractivity contribution < 1.29 is 40.7 Å². The number of hydrazine groups is 1. The average molecular weight is 507 g/mol. The second-order valence-corrected chi connectivity index (χ2v) is 8.87. The Hall–Kier alpha value is -4.26. The van der Waals surface area contributed by atoms with E-state index < -0.39 is 33.6 Å². The van der Waals surface area contributed by atoms with Crippen LogP contribution in [0.5, 0.6) is 11.5 Å². The molecule has 0 radical (unpaired) electrons. The monoisotopic (exact) mass is 507 g/mol. The van der Waals surface area contributed by atoms with Crippen LogP contribution in [0, 0.1) is 0 Å². The van der Waals surface area contributed by atoms with Crippen LogP contribution in [-0.2, 0) is 16.2 Å². The van der Waals surface area contributed by atoms with Gasteiger partial charge in [0.25, 0.3) is 21.8 Å². The molecule has 0 unspecified atom stereocenters. The van der Waals surface area contributed by atoms with Crippen molar-refractivity contribution in [1.82, 2.24) is 10.9 Å². The number of amides is 2. The van der Waals surface area contributed by atoms with Crippen LogP contribution < -0.4 is 25.0 Å². The van der Waals surface area contributed by atoms with Crippen molar-refractivity contribution in [2.75, 3.05) is 11.5 Å². The number of alkyl halides is 3. The molecule has 0 aromatic heterocycles. The molecule has 1 heterocycles. The van der Waals surface area contributed by atoms with E-state index >= 15 is 0 Å². The zero-order valence-corrected chi connectivity index (χ0v) is 18.4. The highest BCUT2D eigenvalue weighted by Crippen LogP contribution is 2.33. The van der Waals surface area contributed by atoms with Gasteiger partial charge < -0.3 is 9.47 Å². The van der Waals surface area contributed by atoms with E-state index in [0.29, 0.717) is 17.6 Å². The van der Waals surface area contributed by atoms with Crippen LogP contribution in [0.25, 0.3) is 0 Å². The van der Waals surface area contributed by atoms with Crippen molar-refractivity contribution >= 4 is 27.5 Å². The van der Waals surface area contributed by atoms with Gasteiger partial charge in [-0.15, -0.1) is 0 Å². The summed E-state index contributed by atoms with van der Waals surface area (Å²) >= 11 is 0. The van der Waals surface area contributed by atoms with Crippen molar-refractivity contribution in [2.45, 2.75) is 11.1 Å². The molecule has 2 amide bonds. The number of sulfonamides is 1. The fraction of sp³-hybridized carbons (Fsp3) is 0.0909. The van der Waals surface area contributed by atoms with E-state index in [9.17, 15) is 31.2 Å².